The Balaban J connectivity index is 1.86. The average molecular weight is 310 g/mol. The second-order valence-corrected chi connectivity index (χ2v) is 8.24. The first kappa shape index (κ1) is 16.5. The molecule has 1 aliphatic rings. The zero-order valence-electron chi connectivity index (χ0n) is 12.9. The van der Waals surface area contributed by atoms with E-state index in [1.807, 2.05) is 12.1 Å². The van der Waals surface area contributed by atoms with Crippen molar-refractivity contribution in [2.75, 3.05) is 6.54 Å². The molecular formula is C16H26N2O2S. The third-order valence-corrected chi connectivity index (χ3v) is 5.49. The highest BCUT2D eigenvalue weighted by atomic mass is 32.2. The Kier molecular flexibility index (Phi) is 5.07. The van der Waals surface area contributed by atoms with Gasteiger partial charge in [0.1, 0.15) is 0 Å². The standard InChI is InChI=1S/C16H26N2O2S/c1-16(2)11-4-3-5-15(16)18-12-10-13-6-8-14(9-7-13)21(17,19)20/h6-9,15,18H,3-5,10-12H2,1-2H3,(H2,17,19,20). The van der Waals surface area contributed by atoms with Crippen LogP contribution in [0.2, 0.25) is 0 Å². The van der Waals surface area contributed by atoms with Gasteiger partial charge in [0, 0.05) is 6.04 Å². The van der Waals surface area contributed by atoms with Crippen molar-refractivity contribution < 1.29 is 8.42 Å². The highest BCUT2D eigenvalue weighted by molar-refractivity contribution is 7.89. The van der Waals surface area contributed by atoms with Crippen LogP contribution in [0.4, 0.5) is 0 Å². The molecule has 1 fully saturated rings. The molecule has 0 radical (unpaired) electrons. The van der Waals surface area contributed by atoms with E-state index in [2.05, 4.69) is 19.2 Å². The zero-order chi connectivity index (χ0) is 15.5. The fourth-order valence-corrected chi connectivity index (χ4v) is 3.62. The predicted molar refractivity (Wildman–Crippen MR) is 85.6 cm³/mol. The van der Waals surface area contributed by atoms with Gasteiger partial charge in [0.15, 0.2) is 0 Å². The summed E-state index contributed by atoms with van der Waals surface area (Å²) in [5.74, 6) is 0. The Bertz CT molecular complexity index is 564. The van der Waals surface area contributed by atoms with Crippen molar-refractivity contribution in [3.8, 4) is 0 Å². The van der Waals surface area contributed by atoms with Crippen LogP contribution in [0.15, 0.2) is 29.2 Å². The van der Waals surface area contributed by atoms with E-state index < -0.39 is 10.0 Å². The van der Waals surface area contributed by atoms with Crippen molar-refractivity contribution in [3.05, 3.63) is 29.8 Å². The van der Waals surface area contributed by atoms with Crippen LogP contribution >= 0.6 is 0 Å². The molecule has 1 aromatic rings. The minimum atomic E-state index is -3.59. The molecule has 118 valence electrons. The molecule has 0 spiro atoms. The monoisotopic (exact) mass is 310 g/mol. The summed E-state index contributed by atoms with van der Waals surface area (Å²) in [6, 6.07) is 7.42. The fourth-order valence-electron chi connectivity index (χ4n) is 3.11. The van der Waals surface area contributed by atoms with Crippen molar-refractivity contribution in [1.29, 1.82) is 0 Å². The molecule has 0 heterocycles. The summed E-state index contributed by atoms with van der Waals surface area (Å²) in [5, 5.41) is 8.76. The Labute approximate surface area is 128 Å². The van der Waals surface area contributed by atoms with E-state index >= 15 is 0 Å². The van der Waals surface area contributed by atoms with Crippen molar-refractivity contribution in [3.63, 3.8) is 0 Å². The lowest BCUT2D eigenvalue weighted by Crippen LogP contribution is -2.44. The number of primary sulfonamides is 1. The van der Waals surface area contributed by atoms with Crippen LogP contribution in [0.5, 0.6) is 0 Å². The molecule has 2 rings (SSSR count). The molecular weight excluding hydrogens is 284 g/mol. The van der Waals surface area contributed by atoms with E-state index in [1.165, 1.54) is 25.7 Å². The molecule has 0 aliphatic heterocycles. The second-order valence-electron chi connectivity index (χ2n) is 6.68. The third kappa shape index (κ3) is 4.53. The lowest BCUT2D eigenvalue weighted by atomic mass is 9.73. The van der Waals surface area contributed by atoms with E-state index in [4.69, 9.17) is 5.14 Å². The molecule has 1 atom stereocenters. The van der Waals surface area contributed by atoms with E-state index in [0.29, 0.717) is 11.5 Å². The molecule has 0 amide bonds. The molecule has 1 aliphatic carbocycles. The second kappa shape index (κ2) is 6.46. The van der Waals surface area contributed by atoms with Gasteiger partial charge < -0.3 is 5.32 Å². The lowest BCUT2D eigenvalue weighted by Gasteiger charge is -2.39. The largest absolute Gasteiger partial charge is 0.313 e. The van der Waals surface area contributed by atoms with Gasteiger partial charge in [-0.2, -0.15) is 0 Å². The SMILES string of the molecule is CC1(C)CCCCC1NCCc1ccc(S(N)(=O)=O)cc1. The quantitative estimate of drug-likeness (QED) is 0.877. The number of hydrogen-bond donors (Lipinski definition) is 2. The topological polar surface area (TPSA) is 72.2 Å². The zero-order valence-corrected chi connectivity index (χ0v) is 13.7. The number of rotatable bonds is 5. The highest BCUT2D eigenvalue weighted by Crippen LogP contribution is 2.35. The molecule has 1 aromatic carbocycles. The third-order valence-electron chi connectivity index (χ3n) is 4.56. The van der Waals surface area contributed by atoms with Crippen LogP contribution < -0.4 is 10.5 Å². The van der Waals surface area contributed by atoms with Crippen molar-refractivity contribution in [2.24, 2.45) is 10.6 Å². The minimum absolute atomic E-state index is 0.174. The van der Waals surface area contributed by atoms with Gasteiger partial charge >= 0.3 is 0 Å². The van der Waals surface area contributed by atoms with Crippen molar-refractivity contribution >= 4 is 10.0 Å². The maximum atomic E-state index is 11.2. The van der Waals surface area contributed by atoms with Crippen molar-refractivity contribution in [1.82, 2.24) is 5.32 Å². The van der Waals surface area contributed by atoms with Crippen molar-refractivity contribution in [2.45, 2.75) is 56.9 Å². The van der Waals surface area contributed by atoms with Gasteiger partial charge in [-0.05, 0) is 48.9 Å². The smallest absolute Gasteiger partial charge is 0.238 e. The Morgan fingerprint density at radius 3 is 2.48 bits per heavy atom. The van der Waals surface area contributed by atoms with Crippen LogP contribution in [-0.4, -0.2) is 21.0 Å². The summed E-state index contributed by atoms with van der Waals surface area (Å²) >= 11 is 0. The summed E-state index contributed by atoms with van der Waals surface area (Å²) in [5.41, 5.74) is 1.50. The first-order valence-electron chi connectivity index (χ1n) is 7.64. The van der Waals surface area contributed by atoms with Gasteiger partial charge in [0.05, 0.1) is 4.90 Å². The van der Waals surface area contributed by atoms with Gasteiger partial charge in [-0.15, -0.1) is 0 Å². The molecule has 3 N–H and O–H groups in total. The number of benzene rings is 1. The molecule has 4 nitrogen and oxygen atoms in total. The summed E-state index contributed by atoms with van der Waals surface area (Å²) < 4.78 is 22.4. The van der Waals surface area contributed by atoms with Gasteiger partial charge in [0.2, 0.25) is 10.0 Å². The van der Waals surface area contributed by atoms with Gasteiger partial charge in [0.25, 0.3) is 0 Å². The summed E-state index contributed by atoms with van der Waals surface area (Å²) in [6.45, 7) is 5.60. The highest BCUT2D eigenvalue weighted by Gasteiger charge is 2.31. The molecule has 1 unspecified atom stereocenters. The van der Waals surface area contributed by atoms with Crippen LogP contribution in [0.3, 0.4) is 0 Å². The Morgan fingerprint density at radius 2 is 1.90 bits per heavy atom. The van der Waals surface area contributed by atoms with Gasteiger partial charge in [-0.25, -0.2) is 13.6 Å². The van der Waals surface area contributed by atoms with E-state index in [9.17, 15) is 8.42 Å². The molecule has 0 aromatic heterocycles. The van der Waals surface area contributed by atoms with Crippen LogP contribution in [-0.2, 0) is 16.4 Å². The van der Waals surface area contributed by atoms with E-state index in [1.54, 1.807) is 12.1 Å². The normalized spacial score (nSPS) is 22.1. The van der Waals surface area contributed by atoms with E-state index in [0.717, 1.165) is 18.5 Å². The lowest BCUT2D eigenvalue weighted by molar-refractivity contribution is 0.169. The van der Waals surface area contributed by atoms with E-state index in [-0.39, 0.29) is 4.90 Å². The summed E-state index contributed by atoms with van der Waals surface area (Å²) in [6.07, 6.45) is 6.08. The van der Waals surface area contributed by atoms with Gasteiger partial charge in [-0.3, -0.25) is 0 Å². The Morgan fingerprint density at radius 1 is 1.24 bits per heavy atom. The maximum absolute atomic E-state index is 11.2. The van der Waals surface area contributed by atoms with Crippen LogP contribution in [0, 0.1) is 5.41 Å². The summed E-state index contributed by atoms with van der Waals surface area (Å²) in [7, 11) is -3.59. The minimum Gasteiger partial charge on any atom is -0.313 e. The molecule has 21 heavy (non-hydrogen) atoms. The Hall–Kier alpha value is -0.910. The number of hydrogen-bond acceptors (Lipinski definition) is 3. The number of nitrogens with one attached hydrogen (secondary N) is 1. The van der Waals surface area contributed by atoms with Gasteiger partial charge in [-0.1, -0.05) is 38.8 Å². The molecule has 1 saturated carbocycles. The van der Waals surface area contributed by atoms with Crippen LogP contribution in [0.1, 0.15) is 45.1 Å². The average Bonchev–Trinajstić information content (AvgIpc) is 2.40. The number of sulfonamides is 1. The maximum Gasteiger partial charge on any atom is 0.238 e. The molecule has 0 saturated heterocycles. The summed E-state index contributed by atoms with van der Waals surface area (Å²) in [4.78, 5) is 0.174. The molecule has 5 heteroatoms. The molecule has 0 bridgehead atoms. The van der Waals surface area contributed by atoms with Crippen LogP contribution in [0.25, 0.3) is 0 Å². The first-order chi connectivity index (χ1) is 9.79. The predicted octanol–water partition coefficient (Wildman–Crippen LogP) is 2.43. The first-order valence-corrected chi connectivity index (χ1v) is 9.19. The number of nitrogens with two attached hydrogens (primary N) is 1. The fraction of sp³-hybridized carbons (Fsp3) is 0.625.